The SMILES string of the molecule is CCc1cc(-c2nc(CCN)n(C)n2)ccc1OC. The first-order valence-corrected chi connectivity index (χ1v) is 6.46. The molecule has 0 atom stereocenters. The highest BCUT2D eigenvalue weighted by molar-refractivity contribution is 5.58. The number of aryl methyl sites for hydroxylation is 2. The molecule has 0 aliphatic rings. The van der Waals surface area contributed by atoms with E-state index in [1.165, 1.54) is 0 Å². The predicted octanol–water partition coefficient (Wildman–Crippen LogP) is 1.55. The van der Waals surface area contributed by atoms with Crippen LogP contribution in [0, 0.1) is 0 Å². The van der Waals surface area contributed by atoms with E-state index in [1.54, 1.807) is 11.8 Å². The van der Waals surface area contributed by atoms with E-state index < -0.39 is 0 Å². The number of aromatic nitrogens is 3. The first-order valence-electron chi connectivity index (χ1n) is 6.46. The summed E-state index contributed by atoms with van der Waals surface area (Å²) in [5.74, 6) is 2.55. The van der Waals surface area contributed by atoms with Crippen LogP contribution < -0.4 is 10.5 Å². The van der Waals surface area contributed by atoms with Gasteiger partial charge in [-0.25, -0.2) is 4.98 Å². The summed E-state index contributed by atoms with van der Waals surface area (Å²) in [5, 5.41) is 4.44. The zero-order chi connectivity index (χ0) is 13.8. The third kappa shape index (κ3) is 2.76. The molecule has 0 aliphatic heterocycles. The van der Waals surface area contributed by atoms with Crippen molar-refractivity contribution >= 4 is 0 Å². The monoisotopic (exact) mass is 260 g/mol. The Bertz CT molecular complexity index is 563. The molecule has 0 fully saturated rings. The standard InChI is InChI=1S/C14H20N4O/c1-4-10-9-11(5-6-12(10)19-3)14-16-13(7-8-15)18(2)17-14/h5-6,9H,4,7-8,15H2,1-3H3. The quantitative estimate of drug-likeness (QED) is 0.886. The van der Waals surface area contributed by atoms with Gasteiger partial charge in [0, 0.05) is 19.0 Å². The van der Waals surface area contributed by atoms with Crippen LogP contribution in [-0.2, 0) is 19.9 Å². The molecule has 5 nitrogen and oxygen atoms in total. The number of ether oxygens (including phenoxy) is 1. The Kier molecular flexibility index (Phi) is 4.16. The molecule has 0 amide bonds. The summed E-state index contributed by atoms with van der Waals surface area (Å²) >= 11 is 0. The molecule has 2 N–H and O–H groups in total. The number of methoxy groups -OCH3 is 1. The summed E-state index contributed by atoms with van der Waals surface area (Å²) in [4.78, 5) is 4.53. The van der Waals surface area contributed by atoms with Gasteiger partial charge >= 0.3 is 0 Å². The van der Waals surface area contributed by atoms with Crippen LogP contribution in [-0.4, -0.2) is 28.4 Å². The van der Waals surface area contributed by atoms with E-state index in [0.29, 0.717) is 6.54 Å². The van der Waals surface area contributed by atoms with Crippen LogP contribution in [0.5, 0.6) is 5.75 Å². The topological polar surface area (TPSA) is 66.0 Å². The molecule has 1 aromatic heterocycles. The highest BCUT2D eigenvalue weighted by atomic mass is 16.5. The third-order valence-corrected chi connectivity index (χ3v) is 3.14. The minimum Gasteiger partial charge on any atom is -0.496 e. The first kappa shape index (κ1) is 13.5. The summed E-state index contributed by atoms with van der Waals surface area (Å²) in [6.45, 7) is 2.68. The van der Waals surface area contributed by atoms with E-state index in [4.69, 9.17) is 10.5 Å². The van der Waals surface area contributed by atoms with Gasteiger partial charge in [-0.15, -0.1) is 0 Å². The first-order chi connectivity index (χ1) is 9.19. The van der Waals surface area contributed by atoms with E-state index in [1.807, 2.05) is 19.2 Å². The lowest BCUT2D eigenvalue weighted by Gasteiger charge is -2.07. The zero-order valence-electron chi connectivity index (χ0n) is 11.7. The van der Waals surface area contributed by atoms with Gasteiger partial charge in [0.25, 0.3) is 0 Å². The molecule has 1 heterocycles. The summed E-state index contributed by atoms with van der Waals surface area (Å²) < 4.78 is 7.12. The van der Waals surface area contributed by atoms with E-state index in [2.05, 4.69) is 23.1 Å². The molecule has 0 saturated carbocycles. The van der Waals surface area contributed by atoms with Gasteiger partial charge in [-0.1, -0.05) is 6.92 Å². The van der Waals surface area contributed by atoms with Gasteiger partial charge in [0.1, 0.15) is 11.6 Å². The fourth-order valence-electron chi connectivity index (χ4n) is 2.08. The molecule has 0 bridgehead atoms. The van der Waals surface area contributed by atoms with Gasteiger partial charge in [-0.2, -0.15) is 5.10 Å². The average molecular weight is 260 g/mol. The third-order valence-electron chi connectivity index (χ3n) is 3.14. The van der Waals surface area contributed by atoms with Crippen molar-refractivity contribution in [1.29, 1.82) is 0 Å². The van der Waals surface area contributed by atoms with Crippen LogP contribution in [0.1, 0.15) is 18.3 Å². The maximum Gasteiger partial charge on any atom is 0.181 e. The Hall–Kier alpha value is -1.88. The molecule has 0 spiro atoms. The van der Waals surface area contributed by atoms with Crippen molar-refractivity contribution in [1.82, 2.24) is 14.8 Å². The summed E-state index contributed by atoms with van der Waals surface area (Å²) in [7, 11) is 3.58. The molecule has 5 heteroatoms. The van der Waals surface area contributed by atoms with Gasteiger partial charge in [0.2, 0.25) is 0 Å². The lowest BCUT2D eigenvalue weighted by molar-refractivity contribution is 0.410. The van der Waals surface area contributed by atoms with Crippen molar-refractivity contribution in [3.63, 3.8) is 0 Å². The van der Waals surface area contributed by atoms with Crippen molar-refractivity contribution in [3.05, 3.63) is 29.6 Å². The Morgan fingerprint density at radius 1 is 1.37 bits per heavy atom. The largest absolute Gasteiger partial charge is 0.496 e. The van der Waals surface area contributed by atoms with Gasteiger partial charge in [-0.3, -0.25) is 4.68 Å². The molecule has 0 radical (unpaired) electrons. The second-order valence-electron chi connectivity index (χ2n) is 4.39. The maximum atomic E-state index is 5.56. The number of nitrogens with two attached hydrogens (primary N) is 1. The number of rotatable bonds is 5. The number of nitrogens with zero attached hydrogens (tertiary/aromatic N) is 3. The zero-order valence-corrected chi connectivity index (χ0v) is 11.7. The lowest BCUT2D eigenvalue weighted by atomic mass is 10.1. The normalized spacial score (nSPS) is 10.7. The van der Waals surface area contributed by atoms with E-state index in [0.717, 1.165) is 41.4 Å². The molecule has 0 aliphatic carbocycles. The minimum absolute atomic E-state index is 0.578. The molecule has 102 valence electrons. The van der Waals surface area contributed by atoms with Crippen LogP contribution in [0.15, 0.2) is 18.2 Å². The van der Waals surface area contributed by atoms with Gasteiger partial charge in [-0.05, 0) is 36.7 Å². The number of hydrogen-bond donors (Lipinski definition) is 1. The maximum absolute atomic E-state index is 5.56. The molecule has 0 unspecified atom stereocenters. The van der Waals surface area contributed by atoms with Crippen molar-refractivity contribution in [2.24, 2.45) is 12.8 Å². The van der Waals surface area contributed by atoms with Gasteiger partial charge < -0.3 is 10.5 Å². The highest BCUT2D eigenvalue weighted by Gasteiger charge is 2.10. The number of benzene rings is 1. The van der Waals surface area contributed by atoms with Crippen molar-refractivity contribution in [3.8, 4) is 17.1 Å². The summed E-state index contributed by atoms with van der Waals surface area (Å²) in [6, 6.07) is 6.03. The second kappa shape index (κ2) is 5.84. The Labute approximate surface area is 113 Å². The molecule has 19 heavy (non-hydrogen) atoms. The van der Waals surface area contributed by atoms with E-state index in [9.17, 15) is 0 Å². The van der Waals surface area contributed by atoms with Gasteiger partial charge in [0.15, 0.2) is 5.82 Å². The highest BCUT2D eigenvalue weighted by Crippen LogP contribution is 2.25. The Morgan fingerprint density at radius 3 is 2.79 bits per heavy atom. The molecular weight excluding hydrogens is 240 g/mol. The fraction of sp³-hybridized carbons (Fsp3) is 0.429. The minimum atomic E-state index is 0.578. The molecule has 0 saturated heterocycles. The van der Waals surface area contributed by atoms with Gasteiger partial charge in [0.05, 0.1) is 7.11 Å². The molecule has 2 rings (SSSR count). The average Bonchev–Trinajstić information content (AvgIpc) is 2.80. The van der Waals surface area contributed by atoms with Crippen molar-refractivity contribution in [2.75, 3.05) is 13.7 Å². The smallest absolute Gasteiger partial charge is 0.181 e. The fourth-order valence-corrected chi connectivity index (χ4v) is 2.08. The van der Waals surface area contributed by atoms with Crippen LogP contribution >= 0.6 is 0 Å². The second-order valence-corrected chi connectivity index (χ2v) is 4.39. The molecule has 1 aromatic carbocycles. The predicted molar refractivity (Wildman–Crippen MR) is 75.1 cm³/mol. The van der Waals surface area contributed by atoms with Crippen molar-refractivity contribution in [2.45, 2.75) is 19.8 Å². The Balaban J connectivity index is 2.38. The Morgan fingerprint density at radius 2 is 2.16 bits per heavy atom. The van der Waals surface area contributed by atoms with Crippen LogP contribution in [0.25, 0.3) is 11.4 Å². The summed E-state index contributed by atoms with van der Waals surface area (Å²) in [6.07, 6.45) is 1.65. The number of hydrogen-bond acceptors (Lipinski definition) is 4. The van der Waals surface area contributed by atoms with Crippen LogP contribution in [0.2, 0.25) is 0 Å². The summed E-state index contributed by atoms with van der Waals surface area (Å²) in [5.41, 5.74) is 7.73. The van der Waals surface area contributed by atoms with Crippen LogP contribution in [0.4, 0.5) is 0 Å². The van der Waals surface area contributed by atoms with Crippen molar-refractivity contribution < 1.29 is 4.74 Å². The van der Waals surface area contributed by atoms with E-state index >= 15 is 0 Å². The lowest BCUT2D eigenvalue weighted by Crippen LogP contribution is -2.08. The molecular formula is C14H20N4O. The van der Waals surface area contributed by atoms with E-state index in [-0.39, 0.29) is 0 Å². The molecule has 2 aromatic rings. The van der Waals surface area contributed by atoms with Crippen LogP contribution in [0.3, 0.4) is 0 Å².